The summed E-state index contributed by atoms with van der Waals surface area (Å²) < 4.78 is 32.6. The van der Waals surface area contributed by atoms with Crippen LogP contribution < -0.4 is 5.73 Å². The third-order valence-corrected chi connectivity index (χ3v) is 9.28. The maximum absolute atomic E-state index is 12.5. The summed E-state index contributed by atoms with van der Waals surface area (Å²) in [4.78, 5) is 34.7. The third kappa shape index (κ3) is 36.3. The minimum absolute atomic E-state index is 0.0337. The lowest BCUT2D eigenvalue weighted by molar-refractivity contribution is -0.161. The zero-order valence-corrected chi connectivity index (χ0v) is 33.5. The number of ether oxygens (including phenoxy) is 2. The highest BCUT2D eigenvalue weighted by molar-refractivity contribution is 7.47. The van der Waals surface area contributed by atoms with Gasteiger partial charge in [-0.15, -0.1) is 0 Å². The molecule has 0 radical (unpaired) electrons. The van der Waals surface area contributed by atoms with Gasteiger partial charge in [0.15, 0.2) is 6.10 Å². The first-order valence-corrected chi connectivity index (χ1v) is 21.7. The molecule has 0 saturated heterocycles. The fourth-order valence-electron chi connectivity index (χ4n) is 5.24. The summed E-state index contributed by atoms with van der Waals surface area (Å²) in [6, 6.07) is 0. The minimum Gasteiger partial charge on any atom is -0.462 e. The monoisotopic (exact) mass is 756 g/mol. The van der Waals surface area contributed by atoms with E-state index in [-0.39, 0.29) is 32.6 Å². The molecule has 0 bridgehead atoms. The Balaban J connectivity index is 4.37. The number of carbonyl (C=O) groups excluding carboxylic acids is 2. The first-order chi connectivity index (χ1) is 25.2. The highest BCUT2D eigenvalue weighted by Gasteiger charge is 2.25. The third-order valence-electron chi connectivity index (χ3n) is 8.30. The van der Waals surface area contributed by atoms with Crippen LogP contribution in [0.1, 0.15) is 162 Å². The lowest BCUT2D eigenvalue weighted by atomic mass is 10.0. The highest BCUT2D eigenvalue weighted by atomic mass is 31.2. The Bertz CT molecular complexity index is 1010. The van der Waals surface area contributed by atoms with Gasteiger partial charge in [0, 0.05) is 19.4 Å². The van der Waals surface area contributed by atoms with E-state index in [0.717, 1.165) is 32.1 Å². The van der Waals surface area contributed by atoms with Crippen molar-refractivity contribution in [3.05, 3.63) is 48.6 Å². The Morgan fingerprint density at radius 2 is 1.25 bits per heavy atom. The van der Waals surface area contributed by atoms with E-state index >= 15 is 0 Å². The normalized spacial score (nSPS) is 14.5. The van der Waals surface area contributed by atoms with Crippen molar-refractivity contribution in [1.82, 2.24) is 0 Å². The molecule has 0 aromatic heterocycles. The van der Waals surface area contributed by atoms with Crippen molar-refractivity contribution in [3.8, 4) is 0 Å². The van der Waals surface area contributed by atoms with Gasteiger partial charge in [-0.3, -0.25) is 18.6 Å². The quantitative estimate of drug-likeness (QED) is 0.0183. The van der Waals surface area contributed by atoms with Gasteiger partial charge in [-0.25, -0.2) is 4.57 Å². The van der Waals surface area contributed by atoms with Crippen LogP contribution in [0.2, 0.25) is 0 Å². The Morgan fingerprint density at radius 3 is 1.90 bits per heavy atom. The average Bonchev–Trinajstić information content (AvgIpc) is 3.12. The highest BCUT2D eigenvalue weighted by Crippen LogP contribution is 2.43. The molecule has 0 aromatic rings. The number of rotatable bonds is 37. The number of carbonyl (C=O) groups is 2. The van der Waals surface area contributed by atoms with Crippen molar-refractivity contribution in [1.29, 1.82) is 0 Å². The summed E-state index contributed by atoms with van der Waals surface area (Å²) in [7, 11) is -4.40. The van der Waals surface area contributed by atoms with Crippen molar-refractivity contribution in [3.63, 3.8) is 0 Å². The summed E-state index contributed by atoms with van der Waals surface area (Å²) in [5, 5.41) is 10.0. The number of aliphatic hydroxyl groups excluding tert-OH is 1. The first-order valence-electron chi connectivity index (χ1n) is 20.2. The molecule has 4 N–H and O–H groups in total. The van der Waals surface area contributed by atoms with E-state index in [1.165, 1.54) is 83.5 Å². The first kappa shape index (κ1) is 49.9. The second-order valence-corrected chi connectivity index (χ2v) is 14.8. The molecule has 52 heavy (non-hydrogen) atoms. The van der Waals surface area contributed by atoms with Crippen molar-refractivity contribution >= 4 is 19.8 Å². The van der Waals surface area contributed by atoms with E-state index in [9.17, 15) is 24.2 Å². The number of esters is 2. The number of hydrogen-bond acceptors (Lipinski definition) is 9. The molecule has 0 rings (SSSR count). The van der Waals surface area contributed by atoms with Crippen molar-refractivity contribution < 1.29 is 42.7 Å². The minimum atomic E-state index is -4.40. The second kappa shape index (κ2) is 37.3. The largest absolute Gasteiger partial charge is 0.472 e. The summed E-state index contributed by atoms with van der Waals surface area (Å²) in [6.07, 6.45) is 37.4. The predicted molar refractivity (Wildman–Crippen MR) is 212 cm³/mol. The zero-order chi connectivity index (χ0) is 38.4. The smallest absolute Gasteiger partial charge is 0.462 e. The fourth-order valence-corrected chi connectivity index (χ4v) is 6.00. The van der Waals surface area contributed by atoms with Crippen molar-refractivity contribution in [2.45, 2.75) is 174 Å². The predicted octanol–water partition coefficient (Wildman–Crippen LogP) is 10.1. The number of allylic oxidation sites excluding steroid dienone is 6. The molecule has 0 aliphatic rings. The van der Waals surface area contributed by atoms with Crippen molar-refractivity contribution in [2.24, 2.45) is 5.73 Å². The fraction of sp³-hybridized carbons (Fsp3) is 0.756. The Kier molecular flexibility index (Phi) is 35.8. The van der Waals surface area contributed by atoms with E-state index in [2.05, 4.69) is 19.9 Å². The van der Waals surface area contributed by atoms with Crippen LogP contribution in [0.3, 0.4) is 0 Å². The summed E-state index contributed by atoms with van der Waals surface area (Å²) in [5.74, 6) is -0.936. The maximum Gasteiger partial charge on any atom is 0.472 e. The van der Waals surface area contributed by atoms with Crippen molar-refractivity contribution in [2.75, 3.05) is 26.4 Å². The van der Waals surface area contributed by atoms with E-state index in [1.54, 1.807) is 6.08 Å². The number of phosphoric ester groups is 1. The van der Waals surface area contributed by atoms with Gasteiger partial charge < -0.3 is 25.2 Å². The van der Waals surface area contributed by atoms with Gasteiger partial charge in [0.25, 0.3) is 0 Å². The molecule has 0 spiro atoms. The zero-order valence-electron chi connectivity index (χ0n) is 32.6. The lowest BCUT2D eigenvalue weighted by Crippen LogP contribution is -2.29. The van der Waals surface area contributed by atoms with Crippen LogP contribution in [0.5, 0.6) is 0 Å². The molecule has 0 aliphatic carbocycles. The van der Waals surface area contributed by atoms with Gasteiger partial charge in [0.1, 0.15) is 6.61 Å². The van der Waals surface area contributed by atoms with E-state index in [1.807, 2.05) is 36.5 Å². The van der Waals surface area contributed by atoms with Gasteiger partial charge in [0.2, 0.25) is 0 Å². The van der Waals surface area contributed by atoms with Crippen LogP contribution in [0.4, 0.5) is 0 Å². The topological polar surface area (TPSA) is 155 Å². The lowest BCUT2D eigenvalue weighted by Gasteiger charge is -2.19. The number of aliphatic hydroxyl groups is 1. The number of nitrogens with two attached hydrogens (primary N) is 1. The van der Waals surface area contributed by atoms with Crippen LogP contribution in [-0.2, 0) is 32.7 Å². The molecule has 0 heterocycles. The molecule has 0 saturated carbocycles. The van der Waals surface area contributed by atoms with Crippen LogP contribution >= 0.6 is 7.82 Å². The van der Waals surface area contributed by atoms with Crippen LogP contribution in [0.15, 0.2) is 48.6 Å². The number of unbranched alkanes of at least 4 members (excludes halogenated alkanes) is 16. The van der Waals surface area contributed by atoms with Gasteiger partial charge >= 0.3 is 19.8 Å². The molecule has 1 unspecified atom stereocenters. The standard InChI is InChI=1S/C41H74NO9P/c1-3-5-7-9-11-12-13-14-15-16-20-24-28-32-40(44)48-36-39(37-50-52(46,47)49-35-34-42)51-41(45)33-29-25-21-17-19-23-27-31-38(43)30-26-22-18-10-8-6-4-2/h17-18,21-23,26-27,30,38-39,43H,3-16,19-20,24-25,28-29,31-37,42H2,1-2H3,(H,46,47)/b21-17+,22-18-,27-23-,30-26-/t38-,39+/m0/s1. The Labute approximate surface area is 316 Å². The number of hydrogen-bond donors (Lipinski definition) is 3. The molecular formula is C41H74NO9P. The van der Waals surface area contributed by atoms with Gasteiger partial charge in [-0.1, -0.05) is 152 Å². The Hall–Kier alpha value is -2.07. The van der Waals surface area contributed by atoms with E-state index in [0.29, 0.717) is 19.3 Å². The molecule has 0 aromatic carbocycles. The van der Waals surface area contributed by atoms with E-state index < -0.39 is 38.6 Å². The van der Waals surface area contributed by atoms with Crippen LogP contribution in [0, 0.1) is 0 Å². The molecule has 302 valence electrons. The summed E-state index contributed by atoms with van der Waals surface area (Å²) in [6.45, 7) is 3.53. The Morgan fingerprint density at radius 1 is 0.673 bits per heavy atom. The average molecular weight is 756 g/mol. The molecule has 0 amide bonds. The molecule has 11 heteroatoms. The molecule has 0 aliphatic heterocycles. The second-order valence-electron chi connectivity index (χ2n) is 13.4. The molecular weight excluding hydrogens is 681 g/mol. The molecule has 3 atom stereocenters. The van der Waals surface area contributed by atoms with Crippen LogP contribution in [0.25, 0.3) is 0 Å². The maximum atomic E-state index is 12.5. The number of phosphoric acid groups is 1. The van der Waals surface area contributed by atoms with E-state index in [4.69, 9.17) is 24.3 Å². The van der Waals surface area contributed by atoms with Crippen LogP contribution in [-0.4, -0.2) is 60.5 Å². The van der Waals surface area contributed by atoms with Gasteiger partial charge in [-0.05, 0) is 44.9 Å². The SMILES string of the molecule is CCCCC/C=C\C=C/[C@H](O)C/C=C\C/C=C/CCCC(=O)O[C@H](COC(=O)CCCCCCCCCCCCCCC)COP(=O)(O)OCCN. The molecule has 0 fully saturated rings. The summed E-state index contributed by atoms with van der Waals surface area (Å²) in [5.41, 5.74) is 5.33. The van der Waals surface area contributed by atoms with Gasteiger partial charge in [0.05, 0.1) is 19.3 Å². The van der Waals surface area contributed by atoms with Gasteiger partial charge in [-0.2, -0.15) is 0 Å². The molecule has 10 nitrogen and oxygen atoms in total. The summed E-state index contributed by atoms with van der Waals surface area (Å²) >= 11 is 0.